The number of aliphatic hydroxyl groups is 1. The van der Waals surface area contributed by atoms with Gasteiger partial charge in [-0.2, -0.15) is 0 Å². The van der Waals surface area contributed by atoms with Crippen molar-refractivity contribution in [3.63, 3.8) is 0 Å². The zero-order valence-corrected chi connectivity index (χ0v) is 16.7. The molecule has 0 amide bonds. The van der Waals surface area contributed by atoms with E-state index in [0.717, 1.165) is 36.9 Å². The summed E-state index contributed by atoms with van der Waals surface area (Å²) in [6.45, 7) is 2.57. The van der Waals surface area contributed by atoms with Crippen molar-refractivity contribution in [1.29, 1.82) is 0 Å². The van der Waals surface area contributed by atoms with Crippen LogP contribution in [0.3, 0.4) is 0 Å². The molecule has 5 heteroatoms. The van der Waals surface area contributed by atoms with E-state index in [0.29, 0.717) is 35.5 Å². The van der Waals surface area contributed by atoms with Crippen molar-refractivity contribution in [1.82, 2.24) is 4.98 Å². The quantitative estimate of drug-likeness (QED) is 0.620. The van der Waals surface area contributed by atoms with Crippen LogP contribution in [0, 0.1) is 6.92 Å². The van der Waals surface area contributed by atoms with Crippen LogP contribution in [0.25, 0.3) is 10.9 Å². The second-order valence-electron chi connectivity index (χ2n) is 7.90. The number of ether oxygens (including phenoxy) is 2. The van der Waals surface area contributed by atoms with Gasteiger partial charge in [0.15, 0.2) is 5.43 Å². The zero-order chi connectivity index (χ0) is 20.3. The Bertz CT molecular complexity index is 1050. The number of aromatic amines is 1. The molecule has 5 nitrogen and oxygen atoms in total. The van der Waals surface area contributed by atoms with E-state index in [2.05, 4.69) is 4.98 Å². The van der Waals surface area contributed by atoms with Gasteiger partial charge in [-0.05, 0) is 44.0 Å². The highest BCUT2D eigenvalue weighted by Crippen LogP contribution is 2.32. The lowest BCUT2D eigenvalue weighted by molar-refractivity contribution is 0.0257. The molecule has 2 N–H and O–H groups in total. The van der Waals surface area contributed by atoms with Crippen LogP contribution in [-0.4, -0.2) is 22.3 Å². The predicted octanol–water partition coefficient (Wildman–Crippen LogP) is 4.49. The third-order valence-electron chi connectivity index (χ3n) is 5.81. The summed E-state index contributed by atoms with van der Waals surface area (Å²) in [5.41, 5.74) is 1.71. The highest BCUT2D eigenvalue weighted by molar-refractivity contribution is 5.79. The average Bonchev–Trinajstić information content (AvgIpc) is 3.16. The first-order chi connectivity index (χ1) is 14.0. The third kappa shape index (κ3) is 4.46. The van der Waals surface area contributed by atoms with Gasteiger partial charge < -0.3 is 19.6 Å². The Labute approximate surface area is 170 Å². The maximum absolute atomic E-state index is 12.6. The van der Waals surface area contributed by atoms with E-state index in [1.165, 1.54) is 0 Å². The highest BCUT2D eigenvalue weighted by atomic mass is 16.5. The second-order valence-corrected chi connectivity index (χ2v) is 7.90. The summed E-state index contributed by atoms with van der Waals surface area (Å²) in [5, 5.41) is 11.1. The topological polar surface area (TPSA) is 71.5 Å². The van der Waals surface area contributed by atoms with E-state index in [4.69, 9.17) is 9.47 Å². The van der Waals surface area contributed by atoms with Crippen LogP contribution in [0.1, 0.15) is 43.4 Å². The Morgan fingerprint density at radius 2 is 1.76 bits per heavy atom. The van der Waals surface area contributed by atoms with Crippen LogP contribution < -0.4 is 14.9 Å². The molecule has 29 heavy (non-hydrogen) atoms. The minimum atomic E-state index is -0.562. The molecule has 0 atom stereocenters. The Hall–Kier alpha value is -2.79. The van der Waals surface area contributed by atoms with Gasteiger partial charge >= 0.3 is 0 Å². The number of hydrogen-bond acceptors (Lipinski definition) is 4. The molecule has 152 valence electrons. The number of fused-ring (bicyclic) bond motifs is 1. The molecule has 0 unspecified atom stereocenters. The van der Waals surface area contributed by atoms with Crippen LogP contribution in [0.2, 0.25) is 0 Å². The Morgan fingerprint density at radius 1 is 1.03 bits per heavy atom. The maximum Gasteiger partial charge on any atom is 0.192 e. The predicted molar refractivity (Wildman–Crippen MR) is 114 cm³/mol. The molecule has 1 saturated carbocycles. The van der Waals surface area contributed by atoms with Gasteiger partial charge in [0.1, 0.15) is 18.1 Å². The number of pyridine rings is 1. The van der Waals surface area contributed by atoms with Gasteiger partial charge in [-0.1, -0.05) is 31.0 Å². The van der Waals surface area contributed by atoms with Crippen molar-refractivity contribution in [2.75, 3.05) is 6.61 Å². The van der Waals surface area contributed by atoms with Crippen LogP contribution in [0.5, 0.6) is 11.5 Å². The zero-order valence-electron chi connectivity index (χ0n) is 16.7. The molecule has 0 bridgehead atoms. The van der Waals surface area contributed by atoms with Gasteiger partial charge in [0, 0.05) is 29.0 Å². The average molecular weight is 393 g/mol. The summed E-state index contributed by atoms with van der Waals surface area (Å²) in [5.74, 6) is 1.39. The van der Waals surface area contributed by atoms with Crippen molar-refractivity contribution in [3.8, 4) is 11.5 Å². The number of H-pyrrole nitrogens is 1. The number of benzene rings is 2. The van der Waals surface area contributed by atoms with Gasteiger partial charge in [0.2, 0.25) is 0 Å². The Morgan fingerprint density at radius 3 is 2.55 bits per heavy atom. The van der Waals surface area contributed by atoms with Crippen LogP contribution in [0.15, 0.2) is 53.3 Å². The first kappa shape index (κ1) is 19.5. The third-order valence-corrected chi connectivity index (χ3v) is 5.81. The van der Waals surface area contributed by atoms with Crippen molar-refractivity contribution in [3.05, 3.63) is 70.0 Å². The SMILES string of the molecule is Cc1c(COc2cccc(OCCC3(O)CCCC3)c2)[nH]c2ccccc2c1=O. The van der Waals surface area contributed by atoms with Crippen molar-refractivity contribution in [2.45, 2.75) is 51.2 Å². The molecular formula is C24H27NO4. The molecule has 3 aromatic rings. The number of para-hydroxylation sites is 1. The second kappa shape index (κ2) is 8.29. The smallest absolute Gasteiger partial charge is 0.192 e. The molecular weight excluding hydrogens is 366 g/mol. The molecule has 0 saturated heterocycles. The molecule has 1 heterocycles. The van der Waals surface area contributed by atoms with Gasteiger partial charge in [-0.3, -0.25) is 4.79 Å². The molecule has 1 aliphatic rings. The summed E-state index contributed by atoms with van der Waals surface area (Å²) in [6, 6.07) is 15.0. The molecule has 0 spiro atoms. The largest absolute Gasteiger partial charge is 0.493 e. The van der Waals surface area contributed by atoms with E-state index in [1.54, 1.807) is 0 Å². The lowest BCUT2D eigenvalue weighted by Crippen LogP contribution is -2.26. The number of aromatic nitrogens is 1. The molecule has 4 rings (SSSR count). The fourth-order valence-electron chi connectivity index (χ4n) is 3.98. The van der Waals surface area contributed by atoms with Crippen molar-refractivity contribution < 1.29 is 14.6 Å². The van der Waals surface area contributed by atoms with Gasteiger partial charge in [0.25, 0.3) is 0 Å². The summed E-state index contributed by atoms with van der Waals surface area (Å²) in [4.78, 5) is 15.9. The Balaban J connectivity index is 1.40. The molecule has 1 aromatic heterocycles. The molecule has 2 aromatic carbocycles. The van der Waals surface area contributed by atoms with Gasteiger partial charge in [-0.15, -0.1) is 0 Å². The monoisotopic (exact) mass is 393 g/mol. The highest BCUT2D eigenvalue weighted by Gasteiger charge is 2.30. The van der Waals surface area contributed by atoms with Gasteiger partial charge in [0.05, 0.1) is 17.9 Å². The number of rotatable bonds is 7. The Kier molecular flexibility index (Phi) is 5.58. The van der Waals surface area contributed by atoms with E-state index in [-0.39, 0.29) is 12.0 Å². The molecule has 0 aliphatic heterocycles. The first-order valence-electron chi connectivity index (χ1n) is 10.2. The van der Waals surface area contributed by atoms with Crippen LogP contribution in [0.4, 0.5) is 0 Å². The van der Waals surface area contributed by atoms with Gasteiger partial charge in [-0.25, -0.2) is 0 Å². The van der Waals surface area contributed by atoms with E-state index in [9.17, 15) is 9.90 Å². The normalized spacial score (nSPS) is 15.5. The number of hydrogen-bond donors (Lipinski definition) is 2. The minimum Gasteiger partial charge on any atom is -0.493 e. The van der Waals surface area contributed by atoms with E-state index in [1.807, 2.05) is 55.5 Å². The minimum absolute atomic E-state index is 0.0277. The summed E-state index contributed by atoms with van der Waals surface area (Å²) < 4.78 is 11.7. The standard InChI is InChI=1S/C24H27NO4/c1-17-22(25-21-10-3-2-9-20(21)23(17)26)16-29-19-8-6-7-18(15-19)28-14-13-24(27)11-4-5-12-24/h2-3,6-10,15,27H,4-5,11-14,16H2,1H3,(H,25,26). The fraction of sp³-hybridized carbons (Fsp3) is 0.375. The first-order valence-corrected chi connectivity index (χ1v) is 10.2. The van der Waals surface area contributed by atoms with Crippen LogP contribution >= 0.6 is 0 Å². The lowest BCUT2D eigenvalue weighted by atomic mass is 9.99. The summed E-state index contributed by atoms with van der Waals surface area (Å²) in [6.07, 6.45) is 4.56. The molecule has 1 fully saturated rings. The van der Waals surface area contributed by atoms with Crippen molar-refractivity contribution in [2.24, 2.45) is 0 Å². The maximum atomic E-state index is 12.6. The van der Waals surface area contributed by atoms with Crippen molar-refractivity contribution >= 4 is 10.9 Å². The lowest BCUT2D eigenvalue weighted by Gasteiger charge is -2.21. The number of nitrogens with one attached hydrogen (secondary N) is 1. The summed E-state index contributed by atoms with van der Waals surface area (Å²) in [7, 11) is 0. The van der Waals surface area contributed by atoms with E-state index < -0.39 is 5.60 Å². The molecule has 0 radical (unpaired) electrons. The van der Waals surface area contributed by atoms with Crippen LogP contribution in [-0.2, 0) is 6.61 Å². The summed E-state index contributed by atoms with van der Waals surface area (Å²) >= 11 is 0. The fourth-order valence-corrected chi connectivity index (χ4v) is 3.98. The van der Waals surface area contributed by atoms with E-state index >= 15 is 0 Å². The molecule has 1 aliphatic carbocycles.